The Morgan fingerprint density at radius 1 is 0.971 bits per heavy atom. The minimum Gasteiger partial charge on any atom is -0.321 e. The van der Waals surface area contributed by atoms with Gasteiger partial charge in [0.25, 0.3) is 21.6 Å². The first-order chi connectivity index (χ1) is 16.2. The van der Waals surface area contributed by atoms with Gasteiger partial charge in [0.15, 0.2) is 5.69 Å². The van der Waals surface area contributed by atoms with Gasteiger partial charge in [-0.15, -0.1) is 0 Å². The Morgan fingerprint density at radius 3 is 2.32 bits per heavy atom. The predicted octanol–water partition coefficient (Wildman–Crippen LogP) is 3.97. The molecule has 10 nitrogen and oxygen atoms in total. The van der Waals surface area contributed by atoms with Crippen LogP contribution in [-0.4, -0.2) is 29.0 Å². The fourth-order valence-corrected chi connectivity index (χ4v) is 4.04. The number of halogens is 1. The molecule has 34 heavy (non-hydrogen) atoms. The second-order valence-corrected chi connectivity index (χ2v) is 8.70. The van der Waals surface area contributed by atoms with Crippen molar-refractivity contribution in [3.05, 3.63) is 107 Å². The highest BCUT2D eigenvalue weighted by atomic mass is 32.2. The average Bonchev–Trinajstić information content (AvgIpc) is 3.30. The highest BCUT2D eigenvalue weighted by molar-refractivity contribution is 7.92. The van der Waals surface area contributed by atoms with Crippen molar-refractivity contribution in [3.8, 4) is 5.69 Å². The molecule has 4 rings (SSSR count). The fraction of sp³-hybridized carbons (Fsp3) is 0. The maximum absolute atomic E-state index is 13.3. The van der Waals surface area contributed by atoms with E-state index in [1.807, 2.05) is 0 Å². The number of rotatable bonds is 7. The molecule has 0 bridgehead atoms. The molecule has 0 saturated carbocycles. The normalized spacial score (nSPS) is 11.1. The number of aromatic nitrogens is 2. The molecule has 4 aromatic rings. The van der Waals surface area contributed by atoms with Crippen molar-refractivity contribution in [3.63, 3.8) is 0 Å². The van der Waals surface area contributed by atoms with Crippen molar-refractivity contribution < 1.29 is 22.5 Å². The molecule has 1 heterocycles. The Bertz CT molecular complexity index is 1470. The van der Waals surface area contributed by atoms with Gasteiger partial charge in [0.1, 0.15) is 5.82 Å². The molecule has 0 unspecified atom stereocenters. The second-order valence-electron chi connectivity index (χ2n) is 7.01. The molecule has 1 aromatic heterocycles. The molecule has 0 aliphatic heterocycles. The summed E-state index contributed by atoms with van der Waals surface area (Å²) in [7, 11) is -3.95. The monoisotopic (exact) mass is 481 g/mol. The molecule has 12 heteroatoms. The summed E-state index contributed by atoms with van der Waals surface area (Å²) in [5.74, 6) is -1.11. The fourth-order valence-electron chi connectivity index (χ4n) is 2.99. The van der Waals surface area contributed by atoms with Gasteiger partial charge in [0.05, 0.1) is 21.2 Å². The number of carbonyl (C=O) groups is 1. The zero-order valence-electron chi connectivity index (χ0n) is 17.3. The summed E-state index contributed by atoms with van der Waals surface area (Å²) in [4.78, 5) is 22.7. The molecule has 0 saturated heterocycles. The predicted molar refractivity (Wildman–Crippen MR) is 122 cm³/mol. The molecular formula is C22H16FN5O5S. The summed E-state index contributed by atoms with van der Waals surface area (Å²) in [6, 6.07) is 17.6. The van der Waals surface area contributed by atoms with E-state index in [1.165, 1.54) is 83.7 Å². The number of nitro benzene ring substituents is 1. The van der Waals surface area contributed by atoms with Gasteiger partial charge in [-0.2, -0.15) is 5.10 Å². The Labute approximate surface area is 192 Å². The molecule has 172 valence electrons. The Kier molecular flexibility index (Phi) is 6.06. The lowest BCUT2D eigenvalue weighted by Crippen LogP contribution is -2.15. The van der Waals surface area contributed by atoms with Gasteiger partial charge in [-0.25, -0.2) is 17.5 Å². The number of anilines is 2. The number of benzene rings is 3. The van der Waals surface area contributed by atoms with Crippen LogP contribution in [-0.2, 0) is 10.0 Å². The zero-order valence-corrected chi connectivity index (χ0v) is 18.1. The highest BCUT2D eigenvalue weighted by Gasteiger charge is 2.16. The van der Waals surface area contributed by atoms with Crippen molar-refractivity contribution in [1.82, 2.24) is 9.78 Å². The molecule has 0 atom stereocenters. The van der Waals surface area contributed by atoms with Crippen LogP contribution < -0.4 is 10.0 Å². The number of non-ortho nitro benzene ring substituents is 1. The maximum atomic E-state index is 13.3. The highest BCUT2D eigenvalue weighted by Crippen LogP contribution is 2.20. The van der Waals surface area contributed by atoms with Gasteiger partial charge in [0.2, 0.25) is 0 Å². The van der Waals surface area contributed by atoms with Crippen LogP contribution in [0.1, 0.15) is 10.5 Å². The lowest BCUT2D eigenvalue weighted by atomic mass is 10.3. The van der Waals surface area contributed by atoms with E-state index in [0.29, 0.717) is 11.4 Å². The van der Waals surface area contributed by atoms with E-state index >= 15 is 0 Å². The summed E-state index contributed by atoms with van der Waals surface area (Å²) in [6.07, 6.45) is 1.53. The standard InChI is InChI=1S/C22H16FN5O5S/c23-15-2-1-3-17(14-15)26-34(32,33)20-10-4-16(5-11-20)24-22(29)21-12-13-27(25-21)18-6-8-19(9-7-18)28(30)31/h1-14,26H,(H,24,29). The van der Waals surface area contributed by atoms with Crippen LogP contribution in [0.3, 0.4) is 0 Å². The van der Waals surface area contributed by atoms with Crippen molar-refractivity contribution >= 4 is 33.0 Å². The first-order valence-corrected chi connectivity index (χ1v) is 11.2. The van der Waals surface area contributed by atoms with Crippen molar-refractivity contribution in [1.29, 1.82) is 0 Å². The summed E-state index contributed by atoms with van der Waals surface area (Å²) in [5, 5.41) is 17.5. The van der Waals surface area contributed by atoms with Crippen molar-refractivity contribution in [2.75, 3.05) is 10.0 Å². The third kappa shape index (κ3) is 5.07. The summed E-state index contributed by atoms with van der Waals surface area (Å²) < 4.78 is 42.0. The van der Waals surface area contributed by atoms with Crippen LogP contribution in [0.15, 0.2) is 90.0 Å². The third-order valence-corrected chi connectivity index (χ3v) is 6.04. The van der Waals surface area contributed by atoms with Crippen LogP contribution in [0.4, 0.5) is 21.5 Å². The summed E-state index contributed by atoms with van der Waals surface area (Å²) >= 11 is 0. The van der Waals surface area contributed by atoms with Crippen molar-refractivity contribution in [2.45, 2.75) is 4.90 Å². The van der Waals surface area contributed by atoms with Gasteiger partial charge in [-0.3, -0.25) is 19.6 Å². The SMILES string of the molecule is O=C(Nc1ccc(S(=O)(=O)Nc2cccc(F)c2)cc1)c1ccn(-c2ccc([N+](=O)[O-])cc2)n1. The lowest BCUT2D eigenvalue weighted by molar-refractivity contribution is -0.384. The van der Waals surface area contributed by atoms with Crippen LogP contribution in [0, 0.1) is 15.9 Å². The lowest BCUT2D eigenvalue weighted by Gasteiger charge is -2.09. The molecule has 3 aromatic carbocycles. The molecule has 0 fully saturated rings. The van der Waals surface area contributed by atoms with E-state index in [0.717, 1.165) is 6.07 Å². The van der Waals surface area contributed by atoms with Gasteiger partial charge < -0.3 is 5.32 Å². The summed E-state index contributed by atoms with van der Waals surface area (Å²) in [5.41, 5.74) is 0.971. The number of sulfonamides is 1. The number of nitrogens with one attached hydrogen (secondary N) is 2. The molecule has 1 amide bonds. The van der Waals surface area contributed by atoms with Crippen molar-refractivity contribution in [2.24, 2.45) is 0 Å². The topological polar surface area (TPSA) is 136 Å². The van der Waals surface area contributed by atoms with Gasteiger partial charge in [-0.1, -0.05) is 6.07 Å². The van der Waals surface area contributed by atoms with Gasteiger partial charge >= 0.3 is 0 Å². The second kappa shape index (κ2) is 9.11. The van der Waals surface area contributed by atoms with E-state index < -0.39 is 26.7 Å². The molecule has 0 radical (unpaired) electrons. The Morgan fingerprint density at radius 2 is 1.68 bits per heavy atom. The summed E-state index contributed by atoms with van der Waals surface area (Å²) in [6.45, 7) is 0. The minimum absolute atomic E-state index is 0.0644. The molecule has 0 aliphatic rings. The number of hydrogen-bond acceptors (Lipinski definition) is 6. The number of carbonyl (C=O) groups excluding carboxylic acids is 1. The number of nitro groups is 1. The number of hydrogen-bond donors (Lipinski definition) is 2. The minimum atomic E-state index is -3.95. The Hall–Kier alpha value is -4.58. The van der Waals surface area contributed by atoms with Crippen LogP contribution in [0.25, 0.3) is 5.69 Å². The van der Waals surface area contributed by atoms with E-state index in [2.05, 4.69) is 15.1 Å². The van der Waals surface area contributed by atoms with E-state index in [9.17, 15) is 27.7 Å². The Balaban J connectivity index is 1.43. The van der Waals surface area contributed by atoms with Gasteiger partial charge in [0, 0.05) is 24.0 Å². The number of amides is 1. The van der Waals surface area contributed by atoms with E-state index in [-0.39, 0.29) is 22.0 Å². The van der Waals surface area contributed by atoms with E-state index in [4.69, 9.17) is 0 Å². The average molecular weight is 481 g/mol. The van der Waals surface area contributed by atoms with Crippen LogP contribution >= 0.6 is 0 Å². The first kappa shape index (κ1) is 22.6. The smallest absolute Gasteiger partial charge is 0.276 e. The molecule has 0 aliphatic carbocycles. The van der Waals surface area contributed by atoms with Crippen LogP contribution in [0.5, 0.6) is 0 Å². The van der Waals surface area contributed by atoms with E-state index in [1.54, 1.807) is 0 Å². The zero-order chi connectivity index (χ0) is 24.3. The first-order valence-electron chi connectivity index (χ1n) is 9.71. The van der Waals surface area contributed by atoms with Gasteiger partial charge in [-0.05, 0) is 60.7 Å². The molecule has 2 N–H and O–H groups in total. The van der Waals surface area contributed by atoms with Crippen LogP contribution in [0.2, 0.25) is 0 Å². The maximum Gasteiger partial charge on any atom is 0.276 e. The largest absolute Gasteiger partial charge is 0.321 e. The molecule has 0 spiro atoms. The quantitative estimate of drug-likeness (QED) is 0.303. The third-order valence-electron chi connectivity index (χ3n) is 4.65. The number of nitrogens with zero attached hydrogens (tertiary/aromatic N) is 3. The molecular weight excluding hydrogens is 465 g/mol.